The molecule has 0 bridgehead atoms. The summed E-state index contributed by atoms with van der Waals surface area (Å²) in [6.45, 7) is 4.96. The first-order valence-electron chi connectivity index (χ1n) is 11.0. The molecule has 1 aromatic rings. The van der Waals surface area contributed by atoms with Gasteiger partial charge in [-0.2, -0.15) is 13.2 Å². The number of hydrogen-bond acceptors (Lipinski definition) is 5. The van der Waals surface area contributed by atoms with Crippen LogP contribution < -0.4 is 5.32 Å². The van der Waals surface area contributed by atoms with E-state index >= 15 is 0 Å². The number of hydrogen-bond donors (Lipinski definition) is 1. The van der Waals surface area contributed by atoms with Crippen LogP contribution in [0, 0.1) is 0 Å². The molecule has 0 saturated carbocycles. The first-order chi connectivity index (χ1) is 15.7. The number of alkyl halides is 3. The second-order valence-corrected chi connectivity index (χ2v) is 9.23. The van der Waals surface area contributed by atoms with Gasteiger partial charge in [0, 0.05) is 20.0 Å². The topological polar surface area (TPSA) is 79.0 Å². The Hall–Kier alpha value is -2.88. The molecule has 188 valence electrons. The molecule has 34 heavy (non-hydrogen) atoms. The van der Waals surface area contributed by atoms with Crippen molar-refractivity contribution in [3.05, 3.63) is 47.5 Å². The number of esters is 1. The van der Waals surface area contributed by atoms with Gasteiger partial charge in [-0.05, 0) is 51.9 Å². The van der Waals surface area contributed by atoms with Crippen molar-refractivity contribution in [3.63, 3.8) is 0 Å². The van der Waals surface area contributed by atoms with Gasteiger partial charge in [0.15, 0.2) is 0 Å². The van der Waals surface area contributed by atoms with Gasteiger partial charge in [-0.3, -0.25) is 14.4 Å². The predicted octanol–water partition coefficient (Wildman–Crippen LogP) is 2.79. The van der Waals surface area contributed by atoms with Crippen molar-refractivity contribution in [2.24, 2.45) is 0 Å². The zero-order chi connectivity index (χ0) is 25.7. The van der Waals surface area contributed by atoms with Gasteiger partial charge in [0.25, 0.3) is 0 Å². The number of rotatable bonds is 7. The van der Waals surface area contributed by atoms with E-state index in [9.17, 15) is 27.6 Å². The third-order valence-corrected chi connectivity index (χ3v) is 5.30. The molecule has 1 heterocycles. The van der Waals surface area contributed by atoms with Crippen LogP contribution in [0.1, 0.15) is 38.3 Å². The molecule has 0 saturated heterocycles. The van der Waals surface area contributed by atoms with E-state index in [2.05, 4.69) is 5.32 Å². The molecule has 0 radical (unpaired) electrons. The van der Waals surface area contributed by atoms with Crippen molar-refractivity contribution in [3.8, 4) is 0 Å². The van der Waals surface area contributed by atoms with Gasteiger partial charge in [0.2, 0.25) is 11.8 Å². The molecule has 2 amide bonds. The van der Waals surface area contributed by atoms with Gasteiger partial charge in [0.1, 0.15) is 18.2 Å². The highest BCUT2D eigenvalue weighted by molar-refractivity contribution is 5.91. The number of ether oxygens (including phenoxy) is 1. The van der Waals surface area contributed by atoms with Crippen LogP contribution in [-0.2, 0) is 31.7 Å². The summed E-state index contributed by atoms with van der Waals surface area (Å²) in [5, 5.41) is 2.93. The smallest absolute Gasteiger partial charge is 0.416 e. The lowest BCUT2D eigenvalue weighted by Crippen LogP contribution is -2.55. The third kappa shape index (κ3) is 7.58. The molecule has 0 aromatic heterocycles. The number of nitrogens with one attached hydrogen (secondary N) is 1. The molecule has 2 atom stereocenters. The van der Waals surface area contributed by atoms with Crippen LogP contribution in [0.3, 0.4) is 0 Å². The fourth-order valence-electron chi connectivity index (χ4n) is 3.62. The largest absolute Gasteiger partial charge is 0.459 e. The van der Waals surface area contributed by atoms with E-state index in [0.29, 0.717) is 12.0 Å². The van der Waals surface area contributed by atoms with Crippen LogP contribution in [0.4, 0.5) is 13.2 Å². The van der Waals surface area contributed by atoms with Gasteiger partial charge >= 0.3 is 12.1 Å². The summed E-state index contributed by atoms with van der Waals surface area (Å²) in [4.78, 5) is 41.4. The molecule has 1 N–H and O–H groups in total. The Morgan fingerprint density at radius 2 is 1.79 bits per heavy atom. The zero-order valence-corrected chi connectivity index (χ0v) is 20.1. The molecule has 7 nitrogen and oxygen atoms in total. The summed E-state index contributed by atoms with van der Waals surface area (Å²) >= 11 is 0. The molecule has 0 aliphatic carbocycles. The minimum Gasteiger partial charge on any atom is -0.459 e. The SMILES string of the molecule is CN[C@H]1CC=CCN([C@@H](Cc2ccc(C(F)(F)F)cc2)C(=O)N(C)CC(=O)OC(C)(C)C)C1=O. The quantitative estimate of drug-likeness (QED) is 0.477. The maximum atomic E-state index is 13.4. The molecule has 2 rings (SSSR count). The highest BCUT2D eigenvalue weighted by Crippen LogP contribution is 2.29. The number of benzene rings is 1. The Labute approximate surface area is 197 Å². The maximum Gasteiger partial charge on any atom is 0.416 e. The first kappa shape index (κ1) is 27.4. The fourth-order valence-corrected chi connectivity index (χ4v) is 3.62. The number of amides is 2. The normalized spacial score (nSPS) is 17.8. The lowest BCUT2D eigenvalue weighted by Gasteiger charge is -2.34. The van der Waals surface area contributed by atoms with Gasteiger partial charge < -0.3 is 19.9 Å². The minimum absolute atomic E-state index is 0.00829. The van der Waals surface area contributed by atoms with Crippen molar-refractivity contribution >= 4 is 17.8 Å². The van der Waals surface area contributed by atoms with E-state index in [0.717, 1.165) is 12.1 Å². The molecular formula is C24H32F3N3O4. The molecule has 1 aliphatic rings. The summed E-state index contributed by atoms with van der Waals surface area (Å²) in [6, 6.07) is 2.92. The number of nitrogens with zero attached hydrogens (tertiary/aromatic N) is 2. The van der Waals surface area contributed by atoms with Crippen LogP contribution in [0.25, 0.3) is 0 Å². The van der Waals surface area contributed by atoms with Gasteiger partial charge in [-0.15, -0.1) is 0 Å². The molecular weight excluding hydrogens is 451 g/mol. The first-order valence-corrected chi connectivity index (χ1v) is 11.0. The van der Waals surface area contributed by atoms with Crippen LogP contribution in [0.15, 0.2) is 36.4 Å². The summed E-state index contributed by atoms with van der Waals surface area (Å²) in [7, 11) is 3.07. The van der Waals surface area contributed by atoms with Crippen LogP contribution in [-0.4, -0.2) is 72.5 Å². The summed E-state index contributed by atoms with van der Waals surface area (Å²) in [5.74, 6) is -1.42. The highest BCUT2D eigenvalue weighted by atomic mass is 19.4. The Kier molecular flexibility index (Phi) is 8.88. The van der Waals surface area contributed by atoms with Gasteiger partial charge in [-0.25, -0.2) is 0 Å². The number of carbonyl (C=O) groups is 3. The van der Waals surface area contributed by atoms with Crippen molar-refractivity contribution in [1.82, 2.24) is 15.1 Å². The van der Waals surface area contributed by atoms with Crippen molar-refractivity contribution in [2.45, 2.75) is 57.5 Å². The van der Waals surface area contributed by atoms with Crippen LogP contribution in [0.5, 0.6) is 0 Å². The Morgan fingerprint density at radius 1 is 1.18 bits per heavy atom. The summed E-state index contributed by atoms with van der Waals surface area (Å²) in [6.07, 6.45) is -0.432. The number of carbonyl (C=O) groups excluding carboxylic acids is 3. The number of halogens is 3. The second-order valence-electron chi connectivity index (χ2n) is 9.23. The minimum atomic E-state index is -4.48. The van der Waals surface area contributed by atoms with E-state index in [4.69, 9.17) is 4.74 Å². The molecule has 10 heteroatoms. The fraction of sp³-hybridized carbons (Fsp3) is 0.542. The van der Waals surface area contributed by atoms with Crippen molar-refractivity contribution in [1.29, 1.82) is 0 Å². The monoisotopic (exact) mass is 483 g/mol. The number of likely N-dealkylation sites (N-methyl/N-ethyl adjacent to an activating group) is 2. The van der Waals surface area contributed by atoms with E-state index < -0.39 is 41.3 Å². The summed E-state index contributed by atoms with van der Waals surface area (Å²) < 4.78 is 44.1. The van der Waals surface area contributed by atoms with E-state index in [1.807, 2.05) is 6.08 Å². The lowest BCUT2D eigenvalue weighted by molar-refractivity contribution is -0.159. The lowest BCUT2D eigenvalue weighted by atomic mass is 10.0. The molecule has 0 fully saturated rings. The van der Waals surface area contributed by atoms with E-state index in [1.54, 1.807) is 33.9 Å². The van der Waals surface area contributed by atoms with Gasteiger partial charge in [0.05, 0.1) is 11.6 Å². The summed E-state index contributed by atoms with van der Waals surface area (Å²) in [5.41, 5.74) is -1.07. The highest BCUT2D eigenvalue weighted by Gasteiger charge is 2.36. The third-order valence-electron chi connectivity index (χ3n) is 5.30. The Balaban J connectivity index is 2.32. The van der Waals surface area contributed by atoms with Gasteiger partial charge in [-0.1, -0.05) is 24.3 Å². The van der Waals surface area contributed by atoms with Crippen LogP contribution in [0.2, 0.25) is 0 Å². The van der Waals surface area contributed by atoms with E-state index in [-0.39, 0.29) is 25.4 Å². The maximum absolute atomic E-state index is 13.4. The molecule has 0 spiro atoms. The van der Waals surface area contributed by atoms with Crippen molar-refractivity contribution < 1.29 is 32.3 Å². The van der Waals surface area contributed by atoms with E-state index in [1.165, 1.54) is 29.0 Å². The second kappa shape index (κ2) is 11.0. The Morgan fingerprint density at radius 3 is 2.32 bits per heavy atom. The predicted molar refractivity (Wildman–Crippen MR) is 121 cm³/mol. The molecule has 0 unspecified atom stereocenters. The Bertz CT molecular complexity index is 908. The zero-order valence-electron chi connectivity index (χ0n) is 20.1. The van der Waals surface area contributed by atoms with Crippen LogP contribution >= 0.6 is 0 Å². The molecule has 1 aromatic carbocycles. The standard InChI is InChI=1S/C24H32F3N3O4/c1-23(2,3)34-20(31)15-29(5)22(33)19(30-13-7-6-8-18(28-4)21(30)32)14-16-9-11-17(12-10-16)24(25,26)27/h6-7,9-12,18-19,28H,8,13-15H2,1-5H3/t18-,19-/m0/s1. The van der Waals surface area contributed by atoms with Crippen molar-refractivity contribution in [2.75, 3.05) is 27.2 Å². The average molecular weight is 484 g/mol. The molecule has 1 aliphatic heterocycles. The average Bonchev–Trinajstić information content (AvgIpc) is 2.90.